The van der Waals surface area contributed by atoms with Gasteiger partial charge in [0.15, 0.2) is 0 Å². The zero-order valence-electron chi connectivity index (χ0n) is 9.11. The molecule has 1 unspecified atom stereocenters. The number of aromatic nitrogens is 1. The number of anilines is 1. The van der Waals surface area contributed by atoms with E-state index in [2.05, 4.69) is 26.2 Å². The molecule has 17 heavy (non-hydrogen) atoms. The molecule has 0 aliphatic carbocycles. The molecule has 0 aromatic carbocycles. The van der Waals surface area contributed by atoms with Gasteiger partial charge in [0.1, 0.15) is 5.82 Å². The summed E-state index contributed by atoms with van der Waals surface area (Å²) in [4.78, 5) is 26.0. The molecular weight excluding hydrogens is 290 g/mol. The molecule has 1 heterocycles. The number of rotatable bonds is 4. The molecule has 1 atom stereocenters. The number of aryl methyl sites for hydroxylation is 1. The predicted octanol–water partition coefficient (Wildman–Crippen LogP) is 0.893. The third kappa shape index (κ3) is 4.12. The van der Waals surface area contributed by atoms with Crippen molar-refractivity contribution >= 4 is 33.6 Å². The van der Waals surface area contributed by atoms with Crippen LogP contribution in [0.5, 0.6) is 0 Å². The van der Waals surface area contributed by atoms with Gasteiger partial charge in [-0.05, 0) is 35.0 Å². The van der Waals surface area contributed by atoms with Crippen LogP contribution in [0.25, 0.3) is 0 Å². The number of nitrogens with two attached hydrogens (primary N) is 1. The van der Waals surface area contributed by atoms with Gasteiger partial charge in [-0.2, -0.15) is 0 Å². The molecule has 1 aromatic rings. The minimum atomic E-state index is -1.12. The van der Waals surface area contributed by atoms with Gasteiger partial charge in [0.25, 0.3) is 0 Å². The van der Waals surface area contributed by atoms with Gasteiger partial charge in [0.05, 0.1) is 18.2 Å². The van der Waals surface area contributed by atoms with E-state index in [1.165, 1.54) is 0 Å². The van der Waals surface area contributed by atoms with Gasteiger partial charge < -0.3 is 16.2 Å². The summed E-state index contributed by atoms with van der Waals surface area (Å²) >= 11 is 3.28. The second-order valence-electron chi connectivity index (χ2n) is 3.46. The lowest BCUT2D eigenvalue weighted by Gasteiger charge is -2.10. The second kappa shape index (κ2) is 5.74. The van der Waals surface area contributed by atoms with Crippen LogP contribution in [0.3, 0.4) is 0 Å². The molecule has 0 spiro atoms. The number of carbonyl (C=O) groups excluding carboxylic acids is 1. The Morgan fingerprint density at radius 2 is 2.24 bits per heavy atom. The molecule has 1 aromatic heterocycles. The minimum Gasteiger partial charge on any atom is -0.481 e. The maximum atomic E-state index is 11.5. The molecule has 1 amide bonds. The number of nitrogens with one attached hydrogen (secondary N) is 1. The number of carboxylic acids is 1. The lowest BCUT2D eigenvalue weighted by molar-refractivity contribution is -0.138. The standard InChI is InChI=1S/C10H12BrN3O3/c1-5-6(11)2-3-8(13-5)14-10(17)7(12)4-9(15)16/h2-3,7H,4,12H2,1H3,(H,15,16)(H,13,14,17). The number of carbonyl (C=O) groups is 2. The Balaban J connectivity index is 2.67. The highest BCUT2D eigenvalue weighted by Crippen LogP contribution is 2.16. The molecule has 92 valence electrons. The van der Waals surface area contributed by atoms with Crippen molar-refractivity contribution in [2.45, 2.75) is 19.4 Å². The molecule has 0 saturated carbocycles. The van der Waals surface area contributed by atoms with Gasteiger partial charge in [-0.3, -0.25) is 9.59 Å². The van der Waals surface area contributed by atoms with E-state index in [-0.39, 0.29) is 0 Å². The van der Waals surface area contributed by atoms with E-state index in [0.717, 1.165) is 10.2 Å². The Kier molecular flexibility index (Phi) is 4.59. The molecule has 7 heteroatoms. The average Bonchev–Trinajstić information content (AvgIpc) is 2.22. The fourth-order valence-electron chi connectivity index (χ4n) is 1.11. The zero-order valence-corrected chi connectivity index (χ0v) is 10.7. The number of pyridine rings is 1. The van der Waals surface area contributed by atoms with Gasteiger partial charge >= 0.3 is 5.97 Å². The fraction of sp³-hybridized carbons (Fsp3) is 0.300. The van der Waals surface area contributed by atoms with Crippen molar-refractivity contribution in [3.8, 4) is 0 Å². The van der Waals surface area contributed by atoms with Crippen LogP contribution in [0.1, 0.15) is 12.1 Å². The van der Waals surface area contributed by atoms with Crippen molar-refractivity contribution in [3.05, 3.63) is 22.3 Å². The monoisotopic (exact) mass is 301 g/mol. The molecular formula is C10H12BrN3O3. The van der Waals surface area contributed by atoms with Crippen molar-refractivity contribution in [2.24, 2.45) is 5.73 Å². The summed E-state index contributed by atoms with van der Waals surface area (Å²) in [6.07, 6.45) is -0.415. The summed E-state index contributed by atoms with van der Waals surface area (Å²) < 4.78 is 0.824. The van der Waals surface area contributed by atoms with Crippen LogP contribution < -0.4 is 11.1 Å². The third-order valence-electron chi connectivity index (χ3n) is 2.00. The predicted molar refractivity (Wildman–Crippen MR) is 65.5 cm³/mol. The Labute approximate surface area is 106 Å². The molecule has 6 nitrogen and oxygen atoms in total. The van der Waals surface area contributed by atoms with E-state index in [1.54, 1.807) is 19.1 Å². The number of carboxylic acid groups (broad SMARTS) is 1. The van der Waals surface area contributed by atoms with Gasteiger partial charge in [0.2, 0.25) is 5.91 Å². The van der Waals surface area contributed by atoms with Crippen LogP contribution in [0.4, 0.5) is 5.82 Å². The highest BCUT2D eigenvalue weighted by atomic mass is 79.9. The van der Waals surface area contributed by atoms with E-state index >= 15 is 0 Å². The van der Waals surface area contributed by atoms with E-state index in [9.17, 15) is 9.59 Å². The van der Waals surface area contributed by atoms with Crippen molar-refractivity contribution in [1.82, 2.24) is 4.98 Å². The smallest absolute Gasteiger partial charge is 0.305 e. The van der Waals surface area contributed by atoms with E-state index in [4.69, 9.17) is 10.8 Å². The number of amides is 1. The molecule has 0 bridgehead atoms. The van der Waals surface area contributed by atoms with Crippen LogP contribution in [0, 0.1) is 6.92 Å². The van der Waals surface area contributed by atoms with E-state index in [1.807, 2.05) is 0 Å². The molecule has 0 aliphatic heterocycles. The molecule has 0 radical (unpaired) electrons. The summed E-state index contributed by atoms with van der Waals surface area (Å²) in [6.45, 7) is 1.77. The molecule has 0 aliphatic rings. The SMILES string of the molecule is Cc1nc(NC(=O)C(N)CC(=O)O)ccc1Br. The first-order chi connectivity index (χ1) is 7.90. The summed E-state index contributed by atoms with van der Waals surface area (Å²) in [7, 11) is 0. The van der Waals surface area contributed by atoms with Gasteiger partial charge in [-0.15, -0.1) is 0 Å². The second-order valence-corrected chi connectivity index (χ2v) is 4.31. The van der Waals surface area contributed by atoms with Crippen LogP contribution in [0.15, 0.2) is 16.6 Å². The normalized spacial score (nSPS) is 11.9. The van der Waals surface area contributed by atoms with Crippen molar-refractivity contribution in [1.29, 1.82) is 0 Å². The number of nitrogens with zero attached hydrogens (tertiary/aromatic N) is 1. The van der Waals surface area contributed by atoms with Crippen LogP contribution in [-0.2, 0) is 9.59 Å². The molecule has 0 fully saturated rings. The number of halogens is 1. The number of hydrogen-bond acceptors (Lipinski definition) is 4. The summed E-state index contributed by atoms with van der Waals surface area (Å²) in [5.74, 6) is -1.34. The summed E-state index contributed by atoms with van der Waals surface area (Å²) in [5, 5.41) is 11.0. The lowest BCUT2D eigenvalue weighted by atomic mass is 10.2. The van der Waals surface area contributed by atoms with Crippen molar-refractivity contribution < 1.29 is 14.7 Å². The zero-order chi connectivity index (χ0) is 13.0. The Morgan fingerprint density at radius 1 is 1.59 bits per heavy atom. The maximum absolute atomic E-state index is 11.5. The third-order valence-corrected chi connectivity index (χ3v) is 2.84. The fourth-order valence-corrected chi connectivity index (χ4v) is 1.33. The highest BCUT2D eigenvalue weighted by molar-refractivity contribution is 9.10. The lowest BCUT2D eigenvalue weighted by Crippen LogP contribution is -2.37. The largest absolute Gasteiger partial charge is 0.481 e. The first-order valence-corrected chi connectivity index (χ1v) is 5.61. The Hall–Kier alpha value is -1.47. The van der Waals surface area contributed by atoms with Crippen molar-refractivity contribution in [3.63, 3.8) is 0 Å². The Bertz CT molecular complexity index is 450. The first-order valence-electron chi connectivity index (χ1n) is 4.81. The number of aliphatic carboxylic acids is 1. The van der Waals surface area contributed by atoms with Gasteiger partial charge in [-0.25, -0.2) is 4.98 Å². The quantitative estimate of drug-likeness (QED) is 0.766. The van der Waals surface area contributed by atoms with Crippen LogP contribution in [0.2, 0.25) is 0 Å². The van der Waals surface area contributed by atoms with E-state index in [0.29, 0.717) is 5.82 Å². The average molecular weight is 302 g/mol. The first kappa shape index (κ1) is 13.6. The maximum Gasteiger partial charge on any atom is 0.305 e. The topological polar surface area (TPSA) is 105 Å². The van der Waals surface area contributed by atoms with E-state index < -0.39 is 24.3 Å². The summed E-state index contributed by atoms with van der Waals surface area (Å²) in [6, 6.07) is 2.25. The van der Waals surface area contributed by atoms with Crippen LogP contribution >= 0.6 is 15.9 Å². The minimum absolute atomic E-state index is 0.344. The van der Waals surface area contributed by atoms with Crippen LogP contribution in [-0.4, -0.2) is 28.0 Å². The molecule has 4 N–H and O–H groups in total. The number of hydrogen-bond donors (Lipinski definition) is 3. The Morgan fingerprint density at radius 3 is 2.76 bits per heavy atom. The highest BCUT2D eigenvalue weighted by Gasteiger charge is 2.17. The summed E-state index contributed by atoms with van der Waals surface area (Å²) in [5.41, 5.74) is 6.12. The molecule has 1 rings (SSSR count). The molecule has 0 saturated heterocycles. The van der Waals surface area contributed by atoms with Crippen molar-refractivity contribution in [2.75, 3.05) is 5.32 Å². The van der Waals surface area contributed by atoms with Gasteiger partial charge in [0, 0.05) is 4.47 Å². The van der Waals surface area contributed by atoms with Gasteiger partial charge in [-0.1, -0.05) is 0 Å².